The van der Waals surface area contributed by atoms with Crippen molar-refractivity contribution < 1.29 is 4.74 Å². The summed E-state index contributed by atoms with van der Waals surface area (Å²) in [6.07, 6.45) is 2.12. The van der Waals surface area contributed by atoms with Crippen LogP contribution in [-0.2, 0) is 0 Å². The summed E-state index contributed by atoms with van der Waals surface area (Å²) < 4.78 is 5.34. The number of rotatable bonds is 5. The SMILES string of the molecule is CNC(c1ccc(OC)c(C)c1)c1ccccc1SC. The van der Waals surface area contributed by atoms with E-state index in [1.807, 2.05) is 13.1 Å². The van der Waals surface area contributed by atoms with E-state index in [4.69, 9.17) is 4.74 Å². The van der Waals surface area contributed by atoms with E-state index in [0.29, 0.717) is 0 Å². The lowest BCUT2D eigenvalue weighted by Gasteiger charge is -2.21. The van der Waals surface area contributed by atoms with Crippen LogP contribution in [0.2, 0.25) is 0 Å². The standard InChI is InChI=1S/C17H21NOS/c1-12-11-13(9-10-15(12)19-3)17(18-2)14-7-5-6-8-16(14)20-4/h5-11,17-18H,1-4H3. The molecule has 0 aliphatic heterocycles. The average Bonchev–Trinajstić information content (AvgIpc) is 2.49. The fourth-order valence-electron chi connectivity index (χ4n) is 2.49. The molecule has 0 heterocycles. The second-order valence-corrected chi connectivity index (χ2v) is 5.54. The zero-order chi connectivity index (χ0) is 14.5. The first-order valence-corrected chi connectivity index (χ1v) is 7.88. The van der Waals surface area contributed by atoms with Gasteiger partial charge in [-0.15, -0.1) is 11.8 Å². The van der Waals surface area contributed by atoms with Gasteiger partial charge in [0.1, 0.15) is 5.75 Å². The maximum atomic E-state index is 5.34. The largest absolute Gasteiger partial charge is 0.496 e. The molecule has 3 heteroatoms. The van der Waals surface area contributed by atoms with Crippen molar-refractivity contribution in [1.29, 1.82) is 0 Å². The molecule has 1 unspecified atom stereocenters. The minimum absolute atomic E-state index is 0.197. The Bertz CT molecular complexity index is 583. The van der Waals surface area contributed by atoms with Crippen molar-refractivity contribution in [2.24, 2.45) is 0 Å². The molecule has 20 heavy (non-hydrogen) atoms. The maximum absolute atomic E-state index is 5.34. The molecule has 0 aromatic heterocycles. The molecule has 2 rings (SSSR count). The number of nitrogens with one attached hydrogen (secondary N) is 1. The third-order valence-electron chi connectivity index (χ3n) is 3.49. The molecular weight excluding hydrogens is 266 g/mol. The minimum atomic E-state index is 0.197. The monoisotopic (exact) mass is 287 g/mol. The average molecular weight is 287 g/mol. The number of thioether (sulfide) groups is 1. The molecule has 0 saturated carbocycles. The van der Waals surface area contributed by atoms with E-state index in [2.05, 4.69) is 54.9 Å². The number of methoxy groups -OCH3 is 1. The molecule has 0 aliphatic carbocycles. The lowest BCUT2D eigenvalue weighted by Crippen LogP contribution is -2.18. The number of hydrogen-bond acceptors (Lipinski definition) is 3. The first kappa shape index (κ1) is 14.9. The van der Waals surface area contributed by atoms with E-state index >= 15 is 0 Å². The van der Waals surface area contributed by atoms with Crippen molar-refractivity contribution in [3.05, 3.63) is 59.2 Å². The molecule has 0 bridgehead atoms. The van der Waals surface area contributed by atoms with Gasteiger partial charge in [0, 0.05) is 4.90 Å². The zero-order valence-electron chi connectivity index (χ0n) is 12.4. The Hall–Kier alpha value is -1.45. The fraction of sp³-hybridized carbons (Fsp3) is 0.294. The maximum Gasteiger partial charge on any atom is 0.121 e. The lowest BCUT2D eigenvalue weighted by atomic mass is 9.97. The van der Waals surface area contributed by atoms with Gasteiger partial charge in [-0.1, -0.05) is 30.3 Å². The van der Waals surface area contributed by atoms with Gasteiger partial charge in [-0.05, 0) is 49.1 Å². The van der Waals surface area contributed by atoms with Crippen LogP contribution in [0.1, 0.15) is 22.7 Å². The molecule has 1 atom stereocenters. The molecule has 2 aromatic carbocycles. The highest BCUT2D eigenvalue weighted by Gasteiger charge is 2.16. The topological polar surface area (TPSA) is 21.3 Å². The third-order valence-corrected chi connectivity index (χ3v) is 4.30. The Kier molecular flexibility index (Phi) is 5.10. The van der Waals surface area contributed by atoms with Gasteiger partial charge in [-0.25, -0.2) is 0 Å². The first-order valence-electron chi connectivity index (χ1n) is 6.66. The summed E-state index contributed by atoms with van der Waals surface area (Å²) in [4.78, 5) is 1.31. The van der Waals surface area contributed by atoms with Crippen LogP contribution in [0.15, 0.2) is 47.4 Å². The van der Waals surface area contributed by atoms with Crippen molar-refractivity contribution >= 4 is 11.8 Å². The van der Waals surface area contributed by atoms with Crippen molar-refractivity contribution in [2.75, 3.05) is 20.4 Å². The summed E-state index contributed by atoms with van der Waals surface area (Å²) in [6, 6.07) is 15.1. The fourth-order valence-corrected chi connectivity index (χ4v) is 3.12. The van der Waals surface area contributed by atoms with Gasteiger partial charge < -0.3 is 10.1 Å². The van der Waals surface area contributed by atoms with E-state index in [0.717, 1.165) is 11.3 Å². The van der Waals surface area contributed by atoms with Crippen molar-refractivity contribution in [3.8, 4) is 5.75 Å². The molecule has 0 radical (unpaired) electrons. The molecular formula is C17H21NOS. The molecule has 0 aliphatic rings. The van der Waals surface area contributed by atoms with Gasteiger partial charge in [0.25, 0.3) is 0 Å². The van der Waals surface area contributed by atoms with Crippen LogP contribution >= 0.6 is 11.8 Å². The highest BCUT2D eigenvalue weighted by atomic mass is 32.2. The van der Waals surface area contributed by atoms with Gasteiger partial charge in [0.2, 0.25) is 0 Å². The van der Waals surface area contributed by atoms with Gasteiger partial charge in [-0.3, -0.25) is 0 Å². The highest BCUT2D eigenvalue weighted by Crippen LogP contribution is 2.31. The third kappa shape index (κ3) is 3.00. The number of ether oxygens (including phenoxy) is 1. The molecule has 0 fully saturated rings. The second kappa shape index (κ2) is 6.82. The Morgan fingerprint density at radius 3 is 2.50 bits per heavy atom. The van der Waals surface area contributed by atoms with Crippen LogP contribution < -0.4 is 10.1 Å². The van der Waals surface area contributed by atoms with Crippen LogP contribution in [0.4, 0.5) is 0 Å². The van der Waals surface area contributed by atoms with E-state index in [9.17, 15) is 0 Å². The quantitative estimate of drug-likeness (QED) is 0.839. The summed E-state index contributed by atoms with van der Waals surface area (Å²) in [6.45, 7) is 2.08. The Balaban J connectivity index is 2.44. The molecule has 2 nitrogen and oxygen atoms in total. The predicted molar refractivity (Wildman–Crippen MR) is 86.9 cm³/mol. The van der Waals surface area contributed by atoms with E-state index in [1.54, 1.807) is 18.9 Å². The predicted octanol–water partition coefficient (Wildman–Crippen LogP) is 4.03. The van der Waals surface area contributed by atoms with Crippen molar-refractivity contribution in [3.63, 3.8) is 0 Å². The van der Waals surface area contributed by atoms with Gasteiger partial charge in [0.15, 0.2) is 0 Å². The molecule has 0 amide bonds. The number of aryl methyl sites for hydroxylation is 1. The second-order valence-electron chi connectivity index (χ2n) is 4.69. The van der Waals surface area contributed by atoms with Crippen LogP contribution in [-0.4, -0.2) is 20.4 Å². The van der Waals surface area contributed by atoms with Crippen LogP contribution in [0.3, 0.4) is 0 Å². The normalized spacial score (nSPS) is 12.2. The summed E-state index contributed by atoms with van der Waals surface area (Å²) in [5.74, 6) is 0.932. The van der Waals surface area contributed by atoms with Gasteiger partial charge >= 0.3 is 0 Å². The zero-order valence-corrected chi connectivity index (χ0v) is 13.3. The van der Waals surface area contributed by atoms with Crippen LogP contribution in [0.5, 0.6) is 5.75 Å². The molecule has 2 aromatic rings. The summed E-state index contributed by atoms with van der Waals surface area (Å²) >= 11 is 1.78. The molecule has 0 spiro atoms. The molecule has 0 saturated heterocycles. The molecule has 106 valence electrons. The van der Waals surface area contributed by atoms with Crippen molar-refractivity contribution in [1.82, 2.24) is 5.32 Å². The summed E-state index contributed by atoms with van der Waals surface area (Å²) in [5.41, 5.74) is 3.73. The van der Waals surface area contributed by atoms with Crippen LogP contribution in [0.25, 0.3) is 0 Å². The van der Waals surface area contributed by atoms with Crippen molar-refractivity contribution in [2.45, 2.75) is 17.9 Å². The molecule has 1 N–H and O–H groups in total. The first-order chi connectivity index (χ1) is 9.71. The summed E-state index contributed by atoms with van der Waals surface area (Å²) in [7, 11) is 3.71. The Morgan fingerprint density at radius 1 is 1.15 bits per heavy atom. The number of hydrogen-bond donors (Lipinski definition) is 1. The Labute approximate surface area is 125 Å². The van der Waals surface area contributed by atoms with Gasteiger partial charge in [-0.2, -0.15) is 0 Å². The minimum Gasteiger partial charge on any atom is -0.496 e. The highest BCUT2D eigenvalue weighted by molar-refractivity contribution is 7.98. The Morgan fingerprint density at radius 2 is 1.90 bits per heavy atom. The lowest BCUT2D eigenvalue weighted by molar-refractivity contribution is 0.411. The number of benzene rings is 2. The van der Waals surface area contributed by atoms with E-state index < -0.39 is 0 Å². The smallest absolute Gasteiger partial charge is 0.121 e. The van der Waals surface area contributed by atoms with Gasteiger partial charge in [0.05, 0.1) is 13.2 Å². The summed E-state index contributed by atoms with van der Waals surface area (Å²) in [5, 5.41) is 3.42. The van der Waals surface area contributed by atoms with E-state index in [-0.39, 0.29) is 6.04 Å². The van der Waals surface area contributed by atoms with E-state index in [1.165, 1.54) is 16.0 Å². The van der Waals surface area contributed by atoms with Crippen LogP contribution in [0, 0.1) is 6.92 Å².